The van der Waals surface area contributed by atoms with E-state index < -0.39 is 0 Å². The minimum Gasteiger partial charge on any atom is -0.368 e. The number of aromatic nitrogens is 5. The Hall–Kier alpha value is -3.43. The molecule has 3 aromatic heterocycles. The Kier molecular flexibility index (Phi) is 6.65. The summed E-state index contributed by atoms with van der Waals surface area (Å²) >= 11 is 0. The van der Waals surface area contributed by atoms with E-state index in [1.165, 1.54) is 11.5 Å². The minimum atomic E-state index is -0.354. The second-order valence-corrected chi connectivity index (χ2v) is 7.02. The Morgan fingerprint density at radius 3 is 2.47 bits per heavy atom. The van der Waals surface area contributed by atoms with Crippen LogP contribution in [0.15, 0.2) is 27.9 Å². The molecule has 10 nitrogen and oxygen atoms in total. The van der Waals surface area contributed by atoms with Crippen molar-refractivity contribution in [1.29, 1.82) is 0 Å². The normalized spacial score (nSPS) is 11.0. The number of carbonyl (C=O) groups is 1. The van der Waals surface area contributed by atoms with Crippen molar-refractivity contribution < 1.29 is 4.79 Å². The molecule has 0 bridgehead atoms. The summed E-state index contributed by atoms with van der Waals surface area (Å²) in [5.74, 6) is 1.07. The summed E-state index contributed by atoms with van der Waals surface area (Å²) in [5, 5.41) is 5.82. The highest BCUT2D eigenvalue weighted by molar-refractivity contribution is 5.75. The lowest BCUT2D eigenvalue weighted by atomic mass is 10.2. The molecule has 0 aliphatic carbocycles. The molecule has 0 unspecified atom stereocenters. The van der Waals surface area contributed by atoms with Gasteiger partial charge in [0, 0.05) is 44.9 Å². The van der Waals surface area contributed by atoms with Crippen LogP contribution in [0.2, 0.25) is 0 Å². The van der Waals surface area contributed by atoms with Gasteiger partial charge in [0.05, 0.1) is 0 Å². The number of aromatic amines is 1. The molecule has 3 heterocycles. The molecule has 3 aromatic rings. The fraction of sp³-hybridized carbons (Fsp3) is 0.450. The third-order valence-corrected chi connectivity index (χ3v) is 4.60. The van der Waals surface area contributed by atoms with E-state index in [0.717, 1.165) is 6.42 Å². The zero-order valence-corrected chi connectivity index (χ0v) is 17.5. The molecule has 0 atom stereocenters. The molecule has 0 aliphatic rings. The number of anilines is 1. The molecule has 0 aliphatic heterocycles. The van der Waals surface area contributed by atoms with Crippen LogP contribution in [-0.4, -0.2) is 43.1 Å². The molecule has 3 rings (SSSR count). The van der Waals surface area contributed by atoms with Crippen molar-refractivity contribution in [2.24, 2.45) is 0 Å². The SMILES string of the molecule is CCCn1c(=O)c2[nH]c(-c3ccc(NCCNC(C)=O)nc3)nc2n(CCC)c1=O. The number of fused-ring (bicyclic) bond motifs is 1. The Morgan fingerprint density at radius 2 is 1.83 bits per heavy atom. The lowest BCUT2D eigenvalue weighted by molar-refractivity contribution is -0.118. The van der Waals surface area contributed by atoms with E-state index in [1.54, 1.807) is 16.8 Å². The van der Waals surface area contributed by atoms with E-state index in [2.05, 4.69) is 25.6 Å². The number of amides is 1. The summed E-state index contributed by atoms with van der Waals surface area (Å²) in [7, 11) is 0. The zero-order chi connectivity index (χ0) is 21.7. The van der Waals surface area contributed by atoms with Gasteiger partial charge in [0.1, 0.15) is 17.2 Å². The van der Waals surface area contributed by atoms with Crippen LogP contribution in [0.4, 0.5) is 5.82 Å². The van der Waals surface area contributed by atoms with E-state index in [1.807, 2.05) is 19.9 Å². The number of hydrogen-bond donors (Lipinski definition) is 3. The first-order chi connectivity index (χ1) is 14.5. The van der Waals surface area contributed by atoms with E-state index >= 15 is 0 Å². The van der Waals surface area contributed by atoms with Gasteiger partial charge in [0.25, 0.3) is 5.56 Å². The van der Waals surface area contributed by atoms with Gasteiger partial charge in [0.2, 0.25) is 5.91 Å². The third-order valence-electron chi connectivity index (χ3n) is 4.60. The second kappa shape index (κ2) is 9.38. The van der Waals surface area contributed by atoms with Gasteiger partial charge in [-0.1, -0.05) is 13.8 Å². The Bertz CT molecular complexity index is 1140. The number of nitrogens with one attached hydrogen (secondary N) is 3. The number of nitrogens with zero attached hydrogens (tertiary/aromatic N) is 4. The Balaban J connectivity index is 1.92. The fourth-order valence-corrected chi connectivity index (χ4v) is 3.22. The first-order valence-corrected chi connectivity index (χ1v) is 10.1. The summed E-state index contributed by atoms with van der Waals surface area (Å²) in [6.45, 7) is 7.28. The van der Waals surface area contributed by atoms with Gasteiger partial charge < -0.3 is 15.6 Å². The number of imidazole rings is 1. The van der Waals surface area contributed by atoms with Gasteiger partial charge in [-0.3, -0.25) is 18.7 Å². The summed E-state index contributed by atoms with van der Waals surface area (Å²) in [6, 6.07) is 3.63. The molecule has 0 spiro atoms. The number of H-pyrrole nitrogens is 1. The van der Waals surface area contributed by atoms with Crippen molar-refractivity contribution in [2.75, 3.05) is 18.4 Å². The first kappa shape index (κ1) is 21.3. The molecule has 0 radical (unpaired) electrons. The van der Waals surface area contributed by atoms with Crippen molar-refractivity contribution in [3.8, 4) is 11.4 Å². The van der Waals surface area contributed by atoms with Crippen molar-refractivity contribution in [3.63, 3.8) is 0 Å². The Labute approximate surface area is 173 Å². The highest BCUT2D eigenvalue weighted by atomic mass is 16.2. The summed E-state index contributed by atoms with van der Waals surface area (Å²) < 4.78 is 2.82. The topological polar surface area (TPSA) is 127 Å². The molecule has 0 aromatic carbocycles. The van der Waals surface area contributed by atoms with Crippen LogP contribution >= 0.6 is 0 Å². The quantitative estimate of drug-likeness (QED) is 0.454. The average molecular weight is 413 g/mol. The second-order valence-electron chi connectivity index (χ2n) is 7.02. The van der Waals surface area contributed by atoms with Gasteiger partial charge in [-0.15, -0.1) is 0 Å². The van der Waals surface area contributed by atoms with Gasteiger partial charge in [-0.25, -0.2) is 14.8 Å². The molecule has 0 fully saturated rings. The molecule has 0 saturated carbocycles. The van der Waals surface area contributed by atoms with Crippen LogP contribution in [0.3, 0.4) is 0 Å². The van der Waals surface area contributed by atoms with E-state index in [-0.39, 0.29) is 17.2 Å². The maximum absolute atomic E-state index is 12.8. The van der Waals surface area contributed by atoms with Crippen molar-refractivity contribution in [1.82, 2.24) is 29.4 Å². The van der Waals surface area contributed by atoms with Crippen LogP contribution in [-0.2, 0) is 17.9 Å². The van der Waals surface area contributed by atoms with Gasteiger partial charge in [-0.05, 0) is 25.0 Å². The zero-order valence-electron chi connectivity index (χ0n) is 17.5. The molecule has 3 N–H and O–H groups in total. The van der Waals surface area contributed by atoms with Crippen LogP contribution in [0.5, 0.6) is 0 Å². The predicted octanol–water partition coefficient (Wildman–Crippen LogP) is 1.32. The lowest BCUT2D eigenvalue weighted by Gasteiger charge is -2.09. The maximum atomic E-state index is 12.8. The number of pyridine rings is 1. The van der Waals surface area contributed by atoms with Crippen molar-refractivity contribution in [2.45, 2.75) is 46.7 Å². The minimum absolute atomic E-state index is 0.0791. The molecule has 1 amide bonds. The average Bonchev–Trinajstić information content (AvgIpc) is 3.17. The van der Waals surface area contributed by atoms with Crippen molar-refractivity contribution >= 4 is 22.9 Å². The summed E-state index contributed by atoms with van der Waals surface area (Å²) in [6.07, 6.45) is 3.08. The standard InChI is InChI=1S/C20H27N7O3/c1-4-10-26-18-16(19(29)27(11-5-2)20(26)30)24-17(25-18)14-6-7-15(23-12-14)22-9-8-21-13(3)28/h6-7,12H,4-5,8-11H2,1-3H3,(H,21,28)(H,22,23)(H,24,25). The fourth-order valence-electron chi connectivity index (χ4n) is 3.22. The number of aryl methyl sites for hydroxylation is 1. The van der Waals surface area contributed by atoms with E-state index in [0.29, 0.717) is 61.0 Å². The molecule has 160 valence electrons. The molecule has 0 saturated heterocycles. The van der Waals surface area contributed by atoms with Crippen LogP contribution in [0.1, 0.15) is 33.6 Å². The van der Waals surface area contributed by atoms with Crippen molar-refractivity contribution in [3.05, 3.63) is 39.2 Å². The molecular formula is C20H27N7O3. The predicted molar refractivity (Wildman–Crippen MR) is 116 cm³/mol. The highest BCUT2D eigenvalue weighted by Crippen LogP contribution is 2.19. The monoisotopic (exact) mass is 413 g/mol. The highest BCUT2D eigenvalue weighted by Gasteiger charge is 2.17. The first-order valence-electron chi connectivity index (χ1n) is 10.1. The number of hydrogen-bond acceptors (Lipinski definition) is 6. The Morgan fingerprint density at radius 1 is 1.10 bits per heavy atom. The van der Waals surface area contributed by atoms with E-state index in [9.17, 15) is 14.4 Å². The number of rotatable bonds is 9. The summed E-state index contributed by atoms with van der Waals surface area (Å²) in [5.41, 5.74) is 0.713. The maximum Gasteiger partial charge on any atom is 0.332 e. The lowest BCUT2D eigenvalue weighted by Crippen LogP contribution is -2.40. The van der Waals surface area contributed by atoms with Crippen LogP contribution in [0, 0.1) is 0 Å². The third kappa shape index (κ3) is 4.42. The molecule has 10 heteroatoms. The van der Waals surface area contributed by atoms with Gasteiger partial charge in [-0.2, -0.15) is 0 Å². The summed E-state index contributed by atoms with van der Waals surface area (Å²) in [4.78, 5) is 48.4. The molecular weight excluding hydrogens is 386 g/mol. The molecule has 30 heavy (non-hydrogen) atoms. The van der Waals surface area contributed by atoms with Gasteiger partial charge >= 0.3 is 5.69 Å². The van der Waals surface area contributed by atoms with Crippen LogP contribution < -0.4 is 21.9 Å². The number of carbonyl (C=O) groups excluding carboxylic acids is 1. The smallest absolute Gasteiger partial charge is 0.332 e. The van der Waals surface area contributed by atoms with Crippen LogP contribution in [0.25, 0.3) is 22.6 Å². The van der Waals surface area contributed by atoms with E-state index in [4.69, 9.17) is 0 Å². The largest absolute Gasteiger partial charge is 0.368 e. The van der Waals surface area contributed by atoms with Gasteiger partial charge in [0.15, 0.2) is 5.65 Å².